The highest BCUT2D eigenvalue weighted by Crippen LogP contribution is 2.09. The minimum atomic E-state index is 0.452. The van der Waals surface area contributed by atoms with E-state index in [1.807, 2.05) is 23.9 Å². The molecule has 5 nitrogen and oxygen atoms in total. The molecule has 1 N–H and O–H groups in total. The van der Waals surface area contributed by atoms with E-state index in [-0.39, 0.29) is 0 Å². The second-order valence-corrected chi connectivity index (χ2v) is 4.51. The third kappa shape index (κ3) is 3.20. The van der Waals surface area contributed by atoms with Gasteiger partial charge in [-0.15, -0.1) is 0 Å². The first-order chi connectivity index (χ1) is 8.69. The van der Waals surface area contributed by atoms with Gasteiger partial charge in [0, 0.05) is 18.8 Å². The fourth-order valence-corrected chi connectivity index (χ4v) is 1.68. The molecule has 0 saturated heterocycles. The van der Waals surface area contributed by atoms with Crippen LogP contribution in [0.5, 0.6) is 0 Å². The maximum Gasteiger partial charge on any atom is 0.208 e. The van der Waals surface area contributed by atoms with Gasteiger partial charge in [-0.05, 0) is 26.3 Å². The minimum Gasteiger partial charge on any atom is -0.445 e. The van der Waals surface area contributed by atoms with Crippen molar-refractivity contribution in [2.45, 2.75) is 46.3 Å². The number of nitrogens with one attached hydrogen (secondary N) is 1. The van der Waals surface area contributed by atoms with Gasteiger partial charge in [-0.3, -0.25) is 4.68 Å². The van der Waals surface area contributed by atoms with E-state index in [2.05, 4.69) is 29.2 Å². The summed E-state index contributed by atoms with van der Waals surface area (Å²) in [6.07, 6.45) is 4.85. The van der Waals surface area contributed by atoms with Crippen LogP contribution in [0.15, 0.2) is 22.9 Å². The summed E-state index contributed by atoms with van der Waals surface area (Å²) < 4.78 is 7.39. The fraction of sp³-hybridized carbons (Fsp3) is 0.538. The molecule has 0 saturated carbocycles. The number of hydrogen-bond donors (Lipinski definition) is 1. The Morgan fingerprint density at radius 3 is 2.94 bits per heavy atom. The normalized spacial score (nSPS) is 12.8. The van der Waals surface area contributed by atoms with Gasteiger partial charge >= 0.3 is 0 Å². The summed E-state index contributed by atoms with van der Waals surface area (Å²) in [4.78, 5) is 4.14. The zero-order chi connectivity index (χ0) is 13.0. The molecule has 2 aromatic heterocycles. The van der Waals surface area contributed by atoms with Crippen LogP contribution in [0.2, 0.25) is 0 Å². The third-order valence-electron chi connectivity index (χ3n) is 2.96. The Morgan fingerprint density at radius 2 is 2.28 bits per heavy atom. The van der Waals surface area contributed by atoms with Crippen molar-refractivity contribution in [2.75, 3.05) is 0 Å². The van der Waals surface area contributed by atoms with Crippen molar-refractivity contribution in [3.63, 3.8) is 0 Å². The molecule has 2 aromatic rings. The lowest BCUT2D eigenvalue weighted by Crippen LogP contribution is -2.14. The first kappa shape index (κ1) is 12.8. The summed E-state index contributed by atoms with van der Waals surface area (Å²) in [6.45, 7) is 7.58. The molecular formula is C13H20N4O. The highest BCUT2D eigenvalue weighted by Gasteiger charge is 2.05. The lowest BCUT2D eigenvalue weighted by Gasteiger charge is -2.08. The molecule has 5 heteroatoms. The lowest BCUT2D eigenvalue weighted by molar-refractivity contribution is 0.444. The maximum atomic E-state index is 5.38. The maximum absolute atomic E-state index is 5.38. The molecular weight excluding hydrogens is 228 g/mol. The molecule has 98 valence electrons. The van der Waals surface area contributed by atoms with E-state index < -0.39 is 0 Å². The lowest BCUT2D eigenvalue weighted by atomic mass is 10.3. The van der Waals surface area contributed by atoms with Crippen LogP contribution in [-0.2, 0) is 13.1 Å². The van der Waals surface area contributed by atoms with Crippen molar-refractivity contribution < 1.29 is 4.42 Å². The van der Waals surface area contributed by atoms with Gasteiger partial charge in [0.25, 0.3) is 0 Å². The van der Waals surface area contributed by atoms with Crippen molar-refractivity contribution in [3.8, 4) is 0 Å². The smallest absolute Gasteiger partial charge is 0.208 e. The minimum absolute atomic E-state index is 0.452. The summed E-state index contributed by atoms with van der Waals surface area (Å²) >= 11 is 0. The third-order valence-corrected chi connectivity index (χ3v) is 2.96. The molecule has 2 heterocycles. The van der Waals surface area contributed by atoms with Gasteiger partial charge in [-0.25, -0.2) is 4.98 Å². The molecule has 0 fully saturated rings. The van der Waals surface area contributed by atoms with E-state index in [0.717, 1.165) is 24.4 Å². The summed E-state index contributed by atoms with van der Waals surface area (Å²) in [5.41, 5.74) is 1.04. The fourth-order valence-electron chi connectivity index (χ4n) is 1.68. The van der Waals surface area contributed by atoms with E-state index in [1.54, 1.807) is 6.20 Å². The first-order valence-corrected chi connectivity index (χ1v) is 6.35. The average molecular weight is 248 g/mol. The summed E-state index contributed by atoms with van der Waals surface area (Å²) in [7, 11) is 0. The molecule has 0 bridgehead atoms. The Labute approximate surface area is 107 Å². The van der Waals surface area contributed by atoms with E-state index in [1.165, 1.54) is 0 Å². The van der Waals surface area contributed by atoms with E-state index in [0.29, 0.717) is 18.5 Å². The molecule has 0 aliphatic carbocycles. The predicted molar refractivity (Wildman–Crippen MR) is 69.0 cm³/mol. The zero-order valence-electron chi connectivity index (χ0n) is 11.2. The van der Waals surface area contributed by atoms with E-state index >= 15 is 0 Å². The van der Waals surface area contributed by atoms with Gasteiger partial charge in [0.05, 0.1) is 18.4 Å². The summed E-state index contributed by atoms with van der Waals surface area (Å²) in [5.74, 6) is 1.56. The molecule has 1 unspecified atom stereocenters. The molecule has 0 amide bonds. The van der Waals surface area contributed by atoms with E-state index in [9.17, 15) is 0 Å². The highest BCUT2D eigenvalue weighted by atomic mass is 16.4. The Hall–Kier alpha value is -1.62. The van der Waals surface area contributed by atoms with Gasteiger partial charge in [0.1, 0.15) is 5.76 Å². The van der Waals surface area contributed by atoms with Gasteiger partial charge < -0.3 is 9.73 Å². The Balaban J connectivity index is 1.81. The standard InChI is InChI=1S/C13H20N4O/c1-4-10(2)17-6-5-12(16-17)8-14-9-13-15-7-11(3)18-13/h5-7,10,14H,4,8-9H2,1-3H3. The zero-order valence-corrected chi connectivity index (χ0v) is 11.2. The predicted octanol–water partition coefficient (Wildman–Crippen LogP) is 2.44. The van der Waals surface area contributed by atoms with Crippen LogP contribution in [0.25, 0.3) is 0 Å². The molecule has 0 spiro atoms. The van der Waals surface area contributed by atoms with Crippen LogP contribution in [0, 0.1) is 6.92 Å². The van der Waals surface area contributed by atoms with Crippen LogP contribution in [0.1, 0.15) is 43.7 Å². The molecule has 0 aliphatic heterocycles. The number of aromatic nitrogens is 3. The van der Waals surface area contributed by atoms with Gasteiger partial charge in [-0.2, -0.15) is 5.10 Å². The van der Waals surface area contributed by atoms with Gasteiger partial charge in [-0.1, -0.05) is 6.92 Å². The topological polar surface area (TPSA) is 55.9 Å². The summed E-state index contributed by atoms with van der Waals surface area (Å²) in [5, 5.41) is 7.79. The highest BCUT2D eigenvalue weighted by molar-refractivity contribution is 4.99. The summed E-state index contributed by atoms with van der Waals surface area (Å²) in [6, 6.07) is 2.49. The molecule has 0 aromatic carbocycles. The molecule has 18 heavy (non-hydrogen) atoms. The van der Waals surface area contributed by atoms with Crippen molar-refractivity contribution in [2.24, 2.45) is 0 Å². The molecule has 0 radical (unpaired) electrons. The van der Waals surface area contributed by atoms with Crippen molar-refractivity contribution in [1.82, 2.24) is 20.1 Å². The number of aryl methyl sites for hydroxylation is 1. The van der Waals surface area contributed by atoms with Crippen LogP contribution in [0.4, 0.5) is 0 Å². The molecule has 1 atom stereocenters. The number of oxazole rings is 1. The quantitative estimate of drug-likeness (QED) is 0.853. The molecule has 2 rings (SSSR count). The Morgan fingerprint density at radius 1 is 1.44 bits per heavy atom. The SMILES string of the molecule is CCC(C)n1ccc(CNCc2ncc(C)o2)n1. The van der Waals surface area contributed by atoms with Crippen LogP contribution in [-0.4, -0.2) is 14.8 Å². The van der Waals surface area contributed by atoms with Crippen LogP contribution >= 0.6 is 0 Å². The first-order valence-electron chi connectivity index (χ1n) is 6.35. The average Bonchev–Trinajstić information content (AvgIpc) is 2.98. The van der Waals surface area contributed by atoms with Gasteiger partial charge in [0.2, 0.25) is 5.89 Å². The Kier molecular flexibility index (Phi) is 4.15. The van der Waals surface area contributed by atoms with Crippen LogP contribution in [0.3, 0.4) is 0 Å². The van der Waals surface area contributed by atoms with Crippen molar-refractivity contribution in [3.05, 3.63) is 35.8 Å². The second kappa shape index (κ2) is 5.82. The number of rotatable bonds is 6. The van der Waals surface area contributed by atoms with Gasteiger partial charge in [0.15, 0.2) is 0 Å². The molecule has 0 aliphatic rings. The van der Waals surface area contributed by atoms with Crippen molar-refractivity contribution in [1.29, 1.82) is 0 Å². The van der Waals surface area contributed by atoms with Crippen molar-refractivity contribution >= 4 is 0 Å². The number of hydrogen-bond acceptors (Lipinski definition) is 4. The number of nitrogens with zero attached hydrogens (tertiary/aromatic N) is 3. The largest absolute Gasteiger partial charge is 0.445 e. The Bertz CT molecular complexity index is 489. The van der Waals surface area contributed by atoms with Crippen LogP contribution < -0.4 is 5.32 Å². The second-order valence-electron chi connectivity index (χ2n) is 4.51. The van der Waals surface area contributed by atoms with E-state index in [4.69, 9.17) is 4.42 Å². The monoisotopic (exact) mass is 248 g/mol.